The van der Waals surface area contributed by atoms with E-state index in [2.05, 4.69) is 5.32 Å². The fourth-order valence-corrected chi connectivity index (χ4v) is 5.79. The number of halogens is 1. The molecule has 0 saturated carbocycles. The van der Waals surface area contributed by atoms with Gasteiger partial charge in [-0.1, -0.05) is 54.6 Å². The van der Waals surface area contributed by atoms with Crippen LogP contribution in [0.1, 0.15) is 78.2 Å². The zero-order chi connectivity index (χ0) is 34.1. The third-order valence-corrected chi connectivity index (χ3v) is 7.79. The second-order valence-corrected chi connectivity index (χ2v) is 11.6. The Morgan fingerprint density at radius 1 is 0.917 bits per heavy atom. The van der Waals surface area contributed by atoms with E-state index >= 15 is 0 Å². The number of carbonyl (C=O) groups is 3. The minimum absolute atomic E-state index is 0. The Kier molecular flexibility index (Phi) is 14.6. The SMILES string of the molecule is CCOC(=O)c1cccc(CNC(=O)c2c(-c3ccccc3)c(-c3ccc(F)cc3)c(CC[C@@H](O)C[C@@H](O)CC(=O)[O-])n2C(C)C)c1.[Na+]. The van der Waals surface area contributed by atoms with E-state index in [4.69, 9.17) is 4.74 Å². The molecule has 9 nitrogen and oxygen atoms in total. The van der Waals surface area contributed by atoms with E-state index in [0.29, 0.717) is 39.2 Å². The Labute approximate surface area is 302 Å². The van der Waals surface area contributed by atoms with Gasteiger partial charge in [-0.3, -0.25) is 4.79 Å². The van der Waals surface area contributed by atoms with Crippen LogP contribution in [0.2, 0.25) is 0 Å². The van der Waals surface area contributed by atoms with Crippen molar-refractivity contribution in [3.8, 4) is 22.3 Å². The molecular formula is C37H40FN2NaO7. The van der Waals surface area contributed by atoms with Crippen LogP contribution in [0.5, 0.6) is 0 Å². The smallest absolute Gasteiger partial charge is 0.550 e. The Hall–Kier alpha value is -3.80. The Bertz CT molecular complexity index is 1690. The van der Waals surface area contributed by atoms with E-state index < -0.39 is 36.4 Å². The summed E-state index contributed by atoms with van der Waals surface area (Å²) in [5.74, 6) is -2.66. The number of ether oxygens (including phenoxy) is 1. The van der Waals surface area contributed by atoms with Gasteiger partial charge in [0.1, 0.15) is 11.5 Å². The molecule has 4 rings (SSSR count). The molecule has 0 spiro atoms. The molecule has 0 unspecified atom stereocenters. The summed E-state index contributed by atoms with van der Waals surface area (Å²) in [5.41, 5.74) is 4.91. The van der Waals surface area contributed by atoms with Crippen molar-refractivity contribution in [2.75, 3.05) is 6.61 Å². The van der Waals surface area contributed by atoms with Crippen LogP contribution in [-0.4, -0.2) is 51.4 Å². The van der Waals surface area contributed by atoms with Gasteiger partial charge >= 0.3 is 35.5 Å². The number of aliphatic hydroxyl groups excluding tert-OH is 2. The molecule has 4 aromatic rings. The molecule has 0 saturated heterocycles. The van der Waals surface area contributed by atoms with Gasteiger partial charge < -0.3 is 34.7 Å². The minimum Gasteiger partial charge on any atom is -0.550 e. The molecule has 3 N–H and O–H groups in total. The summed E-state index contributed by atoms with van der Waals surface area (Å²) >= 11 is 0. The number of hydrogen-bond acceptors (Lipinski definition) is 7. The maximum atomic E-state index is 14.3. The van der Waals surface area contributed by atoms with Crippen LogP contribution in [0, 0.1) is 5.82 Å². The summed E-state index contributed by atoms with van der Waals surface area (Å²) in [4.78, 5) is 37.5. The van der Waals surface area contributed by atoms with Gasteiger partial charge in [0.15, 0.2) is 0 Å². The van der Waals surface area contributed by atoms with Crippen LogP contribution >= 0.6 is 0 Å². The number of rotatable bonds is 15. The molecule has 3 aromatic carbocycles. The number of esters is 1. The first-order valence-corrected chi connectivity index (χ1v) is 15.7. The van der Waals surface area contributed by atoms with Gasteiger partial charge in [-0.05, 0) is 81.0 Å². The number of nitrogens with one attached hydrogen (secondary N) is 1. The summed E-state index contributed by atoms with van der Waals surface area (Å²) in [5, 5.41) is 34.8. The van der Waals surface area contributed by atoms with Crippen molar-refractivity contribution >= 4 is 17.8 Å². The summed E-state index contributed by atoms with van der Waals surface area (Å²) in [6.07, 6.45) is -2.64. The Morgan fingerprint density at radius 3 is 2.21 bits per heavy atom. The van der Waals surface area contributed by atoms with Crippen molar-refractivity contribution in [3.05, 3.63) is 107 Å². The van der Waals surface area contributed by atoms with Crippen LogP contribution in [0.4, 0.5) is 4.39 Å². The summed E-state index contributed by atoms with van der Waals surface area (Å²) in [7, 11) is 0. The molecule has 0 aliphatic heterocycles. The topological polar surface area (TPSA) is 141 Å². The summed E-state index contributed by atoms with van der Waals surface area (Å²) in [6.45, 7) is 5.97. The van der Waals surface area contributed by atoms with Gasteiger partial charge in [-0.15, -0.1) is 0 Å². The molecule has 0 bridgehead atoms. The second-order valence-electron chi connectivity index (χ2n) is 11.6. The molecule has 0 aliphatic rings. The molecule has 1 heterocycles. The van der Waals surface area contributed by atoms with Crippen molar-refractivity contribution in [1.82, 2.24) is 9.88 Å². The molecule has 1 aromatic heterocycles. The summed E-state index contributed by atoms with van der Waals surface area (Å²) < 4.78 is 21.1. The molecule has 11 heteroatoms. The Morgan fingerprint density at radius 2 is 1.58 bits per heavy atom. The fraction of sp³-hybridized carbons (Fsp3) is 0.324. The first-order chi connectivity index (χ1) is 22.5. The van der Waals surface area contributed by atoms with E-state index in [0.717, 1.165) is 5.56 Å². The summed E-state index contributed by atoms with van der Waals surface area (Å²) in [6, 6.07) is 22.0. The van der Waals surface area contributed by atoms with Gasteiger partial charge in [0.05, 0.1) is 24.4 Å². The zero-order valence-corrected chi connectivity index (χ0v) is 29.7. The maximum absolute atomic E-state index is 14.3. The second kappa shape index (κ2) is 18.1. The average Bonchev–Trinajstić information content (AvgIpc) is 3.39. The number of nitrogens with zero attached hydrogens (tertiary/aromatic N) is 1. The van der Waals surface area contributed by atoms with E-state index in [-0.39, 0.29) is 73.9 Å². The van der Waals surface area contributed by atoms with E-state index in [9.17, 15) is 34.1 Å². The van der Waals surface area contributed by atoms with E-state index in [1.807, 2.05) is 48.7 Å². The molecule has 248 valence electrons. The van der Waals surface area contributed by atoms with Gasteiger partial charge in [-0.2, -0.15) is 0 Å². The largest absolute Gasteiger partial charge is 1.00 e. The standard InChI is InChI=1S/C37H41FN2O7.Na/c1-4-47-37(46)27-12-8-9-24(19-27)22-39-36(45)35-34(25-10-6-5-7-11-25)33(26-13-15-28(38)16-14-26)31(40(35)23(2)3)18-17-29(41)20-30(42)21-32(43)44;/h5-16,19,23,29-30,41-42H,4,17-18,20-22H2,1-3H3,(H,39,45)(H,43,44);/q;+1/p-1/t29-,30-;/m1./s1. The quantitative estimate of drug-likeness (QED) is 0.130. The van der Waals surface area contributed by atoms with Gasteiger partial charge in [-0.25, -0.2) is 9.18 Å². The van der Waals surface area contributed by atoms with E-state index in [1.54, 1.807) is 43.3 Å². The number of hydrogen-bond donors (Lipinski definition) is 3. The number of amides is 1. The van der Waals surface area contributed by atoms with Crippen molar-refractivity contribution in [2.45, 2.75) is 71.2 Å². The average molecular weight is 667 g/mol. The molecule has 0 radical (unpaired) electrons. The predicted octanol–water partition coefficient (Wildman–Crippen LogP) is 1.84. The normalized spacial score (nSPS) is 12.2. The number of carbonyl (C=O) groups excluding carboxylic acids is 3. The first kappa shape index (κ1) is 38.6. The maximum Gasteiger partial charge on any atom is 1.00 e. The number of carboxylic acids is 1. The van der Waals surface area contributed by atoms with Crippen LogP contribution in [0.3, 0.4) is 0 Å². The number of aliphatic hydroxyl groups is 2. The van der Waals surface area contributed by atoms with Gasteiger partial charge in [0, 0.05) is 41.8 Å². The van der Waals surface area contributed by atoms with Crippen molar-refractivity contribution in [1.29, 1.82) is 0 Å². The van der Waals surface area contributed by atoms with E-state index in [1.165, 1.54) is 12.1 Å². The number of aromatic nitrogens is 1. The zero-order valence-electron chi connectivity index (χ0n) is 27.7. The van der Waals surface area contributed by atoms with Crippen LogP contribution in [-0.2, 0) is 22.5 Å². The molecule has 2 atom stereocenters. The monoisotopic (exact) mass is 666 g/mol. The Balaban J connectivity index is 0.00000625. The van der Waals surface area contributed by atoms with Crippen molar-refractivity contribution < 1.29 is 68.4 Å². The van der Waals surface area contributed by atoms with Gasteiger partial charge in [0.2, 0.25) is 0 Å². The fourth-order valence-electron chi connectivity index (χ4n) is 5.79. The molecule has 0 aliphatic carbocycles. The first-order valence-electron chi connectivity index (χ1n) is 15.7. The van der Waals surface area contributed by atoms with Crippen molar-refractivity contribution in [3.63, 3.8) is 0 Å². The van der Waals surface area contributed by atoms with Gasteiger partial charge in [0.25, 0.3) is 5.91 Å². The number of aliphatic carboxylic acids is 1. The predicted molar refractivity (Wildman–Crippen MR) is 174 cm³/mol. The third-order valence-electron chi connectivity index (χ3n) is 7.79. The number of benzene rings is 3. The number of carboxylic acid groups (broad SMARTS) is 1. The minimum atomic E-state index is -1.41. The third kappa shape index (κ3) is 9.87. The molecule has 1 amide bonds. The van der Waals surface area contributed by atoms with Crippen LogP contribution in [0.25, 0.3) is 22.3 Å². The molecule has 48 heavy (non-hydrogen) atoms. The van der Waals surface area contributed by atoms with Crippen molar-refractivity contribution in [2.24, 2.45) is 0 Å². The molecular weight excluding hydrogens is 626 g/mol. The van der Waals surface area contributed by atoms with Crippen LogP contribution < -0.4 is 40.0 Å². The molecule has 0 fully saturated rings. The van der Waals surface area contributed by atoms with Crippen LogP contribution in [0.15, 0.2) is 78.9 Å².